The normalized spacial score (nSPS) is 10.7. The van der Waals surface area contributed by atoms with Crippen molar-refractivity contribution in [2.45, 2.75) is 0 Å². The molecule has 0 aromatic heterocycles. The Morgan fingerprint density at radius 3 is 1.74 bits per heavy atom. The fourth-order valence-corrected chi connectivity index (χ4v) is 2.17. The predicted octanol–water partition coefficient (Wildman–Crippen LogP) is 2.93. The first-order valence-corrected chi connectivity index (χ1v) is 6.99. The van der Waals surface area contributed by atoms with Crippen LogP contribution in [0.15, 0.2) is 40.6 Å². The van der Waals surface area contributed by atoms with E-state index in [0.29, 0.717) is 22.9 Å². The van der Waals surface area contributed by atoms with Crippen LogP contribution in [0.1, 0.15) is 0 Å². The van der Waals surface area contributed by atoms with Crippen LogP contribution in [-0.4, -0.2) is 46.2 Å². The van der Waals surface area contributed by atoms with Gasteiger partial charge in [0.15, 0.2) is 0 Å². The summed E-state index contributed by atoms with van der Waals surface area (Å²) in [6.45, 7) is 0. The number of methoxy groups -OCH3 is 4. The van der Waals surface area contributed by atoms with Crippen molar-refractivity contribution in [2.75, 3.05) is 28.4 Å². The predicted molar refractivity (Wildman–Crippen MR) is 88.7 cm³/mol. The number of hydrogen-bond acceptors (Lipinski definition) is 6. The molecule has 2 aromatic carbocycles. The summed E-state index contributed by atoms with van der Waals surface area (Å²) in [5.41, 5.74) is 1.34. The van der Waals surface area contributed by atoms with E-state index in [1.807, 2.05) is 35.9 Å². The van der Waals surface area contributed by atoms with E-state index in [0.717, 1.165) is 15.7 Å². The van der Waals surface area contributed by atoms with E-state index in [4.69, 9.17) is 18.9 Å². The van der Waals surface area contributed by atoms with Crippen LogP contribution in [0.2, 0.25) is 0 Å². The molecule has 0 radical (unpaired) electrons. The standard InChI is InChI=1S/C16H17N2O4.Li/c1-19-13-7-5-11(6-8-13)17-18-12-9-14(20-2)16(22-4)15(10-12)21-3;/h5-7,9-10H,1-4H3;/b18-17+;. The first-order chi connectivity index (χ1) is 11.1. The van der Waals surface area contributed by atoms with Crippen molar-refractivity contribution >= 4 is 33.3 Å². The summed E-state index contributed by atoms with van der Waals surface area (Å²) in [5, 5.41) is 8.47. The van der Waals surface area contributed by atoms with Crippen LogP contribution in [0.5, 0.6) is 23.0 Å². The first-order valence-electron chi connectivity index (χ1n) is 6.99. The summed E-state index contributed by atoms with van der Waals surface area (Å²) >= 11 is 1.96. The molecule has 0 N–H and O–H groups in total. The Labute approximate surface area is 144 Å². The van der Waals surface area contributed by atoms with Crippen LogP contribution in [0.3, 0.4) is 0 Å². The Morgan fingerprint density at radius 2 is 1.26 bits per heavy atom. The minimum absolute atomic E-state index is 0.522. The third kappa shape index (κ3) is 3.98. The van der Waals surface area contributed by atoms with Crippen molar-refractivity contribution in [1.82, 2.24) is 0 Å². The summed E-state index contributed by atoms with van der Waals surface area (Å²) in [4.78, 5) is 0. The van der Waals surface area contributed by atoms with Gasteiger partial charge in [0, 0.05) is 0 Å². The zero-order chi connectivity index (χ0) is 16.8. The molecule has 6 nitrogen and oxygen atoms in total. The van der Waals surface area contributed by atoms with Crippen molar-refractivity contribution < 1.29 is 18.9 Å². The van der Waals surface area contributed by atoms with E-state index in [1.54, 1.807) is 40.6 Å². The quantitative estimate of drug-likeness (QED) is 0.608. The van der Waals surface area contributed by atoms with E-state index in [-0.39, 0.29) is 0 Å². The van der Waals surface area contributed by atoms with Crippen LogP contribution in [0, 0.1) is 0 Å². The topological polar surface area (TPSA) is 61.6 Å². The van der Waals surface area contributed by atoms with E-state index >= 15 is 0 Å². The molecule has 0 saturated heterocycles. The van der Waals surface area contributed by atoms with Gasteiger partial charge in [-0.25, -0.2) is 0 Å². The molecule has 0 spiro atoms. The molecule has 0 aliphatic rings. The number of rotatable bonds is 6. The number of ether oxygens (including phenoxy) is 4. The van der Waals surface area contributed by atoms with Crippen molar-refractivity contribution in [3.8, 4) is 23.0 Å². The molecule has 0 bridgehead atoms. The van der Waals surface area contributed by atoms with Crippen molar-refractivity contribution in [2.24, 2.45) is 10.2 Å². The van der Waals surface area contributed by atoms with Gasteiger partial charge in [-0.2, -0.15) is 0 Å². The maximum atomic E-state index is 5.30. The van der Waals surface area contributed by atoms with Crippen molar-refractivity contribution in [1.29, 1.82) is 0 Å². The van der Waals surface area contributed by atoms with Gasteiger partial charge in [0.05, 0.1) is 0 Å². The van der Waals surface area contributed by atoms with Gasteiger partial charge in [0.2, 0.25) is 0 Å². The van der Waals surface area contributed by atoms with Crippen LogP contribution < -0.4 is 23.2 Å². The Balaban J connectivity index is 2.34. The maximum absolute atomic E-state index is 5.30. The molecule has 2 aromatic rings. The van der Waals surface area contributed by atoms with E-state index in [1.165, 1.54) is 0 Å². The van der Waals surface area contributed by atoms with E-state index in [9.17, 15) is 0 Å². The Bertz CT molecular complexity index is 694. The number of azo groups is 1. The molecular formula is C16H17LiN2O4. The van der Waals surface area contributed by atoms with Gasteiger partial charge in [-0.15, -0.1) is 0 Å². The van der Waals surface area contributed by atoms with Crippen LogP contribution in [0.25, 0.3) is 0 Å². The van der Waals surface area contributed by atoms with Gasteiger partial charge >= 0.3 is 144 Å². The summed E-state index contributed by atoms with van der Waals surface area (Å²) in [5.74, 6) is 2.41. The second kappa shape index (κ2) is 7.91. The summed E-state index contributed by atoms with van der Waals surface area (Å²) < 4.78 is 22.1. The molecule has 0 saturated carbocycles. The molecule has 0 atom stereocenters. The van der Waals surface area contributed by atoms with Crippen molar-refractivity contribution in [3.05, 3.63) is 30.3 Å². The third-order valence-electron chi connectivity index (χ3n) is 3.31. The van der Waals surface area contributed by atoms with E-state index < -0.39 is 0 Å². The van der Waals surface area contributed by atoms with Gasteiger partial charge in [-0.05, 0) is 0 Å². The number of benzene rings is 2. The zero-order valence-electron chi connectivity index (χ0n) is 13.9. The molecule has 0 amide bonds. The minimum atomic E-state index is 0.522. The number of hydrogen-bond donors (Lipinski definition) is 0. The summed E-state index contributed by atoms with van der Waals surface area (Å²) in [7, 11) is 6.32. The van der Waals surface area contributed by atoms with Gasteiger partial charge in [0.1, 0.15) is 0 Å². The molecule has 0 unspecified atom stereocenters. The molecule has 0 heterocycles. The second-order valence-electron chi connectivity index (χ2n) is 4.74. The molecule has 7 heteroatoms. The molecule has 116 valence electrons. The average molecular weight is 308 g/mol. The molecule has 0 fully saturated rings. The zero-order valence-corrected chi connectivity index (χ0v) is 13.9. The van der Waals surface area contributed by atoms with Gasteiger partial charge in [-0.1, -0.05) is 0 Å². The molecule has 0 aliphatic heterocycles. The van der Waals surface area contributed by atoms with Gasteiger partial charge in [-0.3, -0.25) is 0 Å². The SMILES string of the molecule is [Li][c]1cc(/N=N/c2cc(OC)c(OC)c(OC)c2)ccc1OC. The Hall–Kier alpha value is -2.16. The fourth-order valence-electron chi connectivity index (χ4n) is 2.17. The van der Waals surface area contributed by atoms with Crippen molar-refractivity contribution in [3.63, 3.8) is 0 Å². The second-order valence-corrected chi connectivity index (χ2v) is 4.74. The van der Waals surface area contributed by atoms with Crippen LogP contribution in [0.4, 0.5) is 11.4 Å². The average Bonchev–Trinajstić information content (AvgIpc) is 2.58. The summed E-state index contributed by atoms with van der Waals surface area (Å²) in [6, 6.07) is 9.08. The molecule has 23 heavy (non-hydrogen) atoms. The number of nitrogens with zero attached hydrogens (tertiary/aromatic N) is 2. The Kier molecular flexibility index (Phi) is 5.91. The first kappa shape index (κ1) is 17.2. The molecule has 2 rings (SSSR count). The molecule has 0 aliphatic carbocycles. The van der Waals surface area contributed by atoms with Crippen LogP contribution >= 0.6 is 0 Å². The van der Waals surface area contributed by atoms with Gasteiger partial charge < -0.3 is 0 Å². The summed E-state index contributed by atoms with van der Waals surface area (Å²) in [6.07, 6.45) is 0. The Morgan fingerprint density at radius 1 is 0.696 bits per heavy atom. The monoisotopic (exact) mass is 308 g/mol. The third-order valence-corrected chi connectivity index (χ3v) is 3.31. The van der Waals surface area contributed by atoms with Crippen LogP contribution in [-0.2, 0) is 0 Å². The van der Waals surface area contributed by atoms with Gasteiger partial charge in [0.25, 0.3) is 0 Å². The molecular weight excluding hydrogens is 291 g/mol. The fraction of sp³-hybridized carbons (Fsp3) is 0.250. The van der Waals surface area contributed by atoms with E-state index in [2.05, 4.69) is 10.2 Å².